The summed E-state index contributed by atoms with van der Waals surface area (Å²) in [5.41, 5.74) is -0.649. The van der Waals surface area contributed by atoms with E-state index in [0.29, 0.717) is 5.92 Å². The summed E-state index contributed by atoms with van der Waals surface area (Å²) in [6.45, 7) is 8.98. The molecule has 0 N–H and O–H groups in total. The first-order valence-electron chi connectivity index (χ1n) is 11.3. The van der Waals surface area contributed by atoms with Crippen LogP contribution in [0.4, 0.5) is 0 Å². The summed E-state index contributed by atoms with van der Waals surface area (Å²) in [5.74, 6) is 0.353. The van der Waals surface area contributed by atoms with Gasteiger partial charge in [0.25, 0.3) is 0 Å². The third kappa shape index (κ3) is 12.3. The van der Waals surface area contributed by atoms with Crippen molar-refractivity contribution in [3.63, 3.8) is 0 Å². The molecule has 0 bridgehead atoms. The summed E-state index contributed by atoms with van der Waals surface area (Å²) in [6.07, 6.45) is 21.0. The fourth-order valence-corrected chi connectivity index (χ4v) is 3.79. The second-order valence-electron chi connectivity index (χ2n) is 8.14. The summed E-state index contributed by atoms with van der Waals surface area (Å²) < 4.78 is 0. The summed E-state index contributed by atoms with van der Waals surface area (Å²) in [6, 6.07) is 0. The second kappa shape index (κ2) is 16.4. The van der Waals surface area contributed by atoms with Crippen molar-refractivity contribution < 1.29 is 5.11 Å². The van der Waals surface area contributed by atoms with E-state index in [4.69, 9.17) is 0 Å². The number of hydrogen-bond donors (Lipinski definition) is 0. The highest BCUT2D eigenvalue weighted by molar-refractivity contribution is 4.83. The van der Waals surface area contributed by atoms with Crippen molar-refractivity contribution in [2.24, 2.45) is 5.92 Å². The third-order valence-electron chi connectivity index (χ3n) is 5.80. The van der Waals surface area contributed by atoms with Crippen molar-refractivity contribution in [1.82, 2.24) is 0 Å². The fraction of sp³-hybridized carbons (Fsp3) is 1.00. The van der Waals surface area contributed by atoms with Crippen LogP contribution in [0.1, 0.15) is 137 Å². The van der Waals surface area contributed by atoms with Gasteiger partial charge in [-0.2, -0.15) is 0 Å². The van der Waals surface area contributed by atoms with Gasteiger partial charge < -0.3 is 0 Å². The smallest absolute Gasteiger partial charge is 0.106 e. The van der Waals surface area contributed by atoms with Gasteiger partial charge in [0.1, 0.15) is 5.60 Å². The molecule has 24 heavy (non-hydrogen) atoms. The van der Waals surface area contributed by atoms with Crippen LogP contribution in [0.25, 0.3) is 0 Å². The standard InChI is InChI=1S/C23H47O/c1-5-8-11-13-15-17-19-22(4)23(24,20-10-7-3)21-18-16-14-12-9-6-2/h22H,5-21H2,1-4H3. The van der Waals surface area contributed by atoms with Crippen molar-refractivity contribution in [1.29, 1.82) is 0 Å². The Morgan fingerprint density at radius 2 is 1.00 bits per heavy atom. The Bertz CT molecular complexity index is 250. The molecule has 0 aromatic heterocycles. The van der Waals surface area contributed by atoms with E-state index < -0.39 is 5.60 Å². The molecule has 1 radical (unpaired) electrons. The molecule has 0 saturated heterocycles. The second-order valence-corrected chi connectivity index (χ2v) is 8.14. The van der Waals surface area contributed by atoms with Crippen LogP contribution in [0.3, 0.4) is 0 Å². The maximum atomic E-state index is 13.4. The molecule has 0 spiro atoms. The number of unbranched alkanes of at least 4 members (excludes halogenated alkanes) is 11. The molecule has 0 amide bonds. The lowest BCUT2D eigenvalue weighted by molar-refractivity contribution is -0.0912. The van der Waals surface area contributed by atoms with E-state index in [9.17, 15) is 5.11 Å². The lowest BCUT2D eigenvalue weighted by Crippen LogP contribution is -2.35. The maximum absolute atomic E-state index is 13.4. The fourth-order valence-electron chi connectivity index (χ4n) is 3.79. The van der Waals surface area contributed by atoms with Crippen molar-refractivity contribution in [3.05, 3.63) is 0 Å². The molecule has 0 saturated carbocycles. The summed E-state index contributed by atoms with van der Waals surface area (Å²) >= 11 is 0. The highest BCUT2D eigenvalue weighted by Gasteiger charge is 2.34. The van der Waals surface area contributed by atoms with Gasteiger partial charge in [0.15, 0.2) is 0 Å². The molecule has 0 rings (SSSR count). The Kier molecular flexibility index (Phi) is 16.4. The Balaban J connectivity index is 4.08. The monoisotopic (exact) mass is 339 g/mol. The SMILES string of the molecule is CCCCCCCCC(C)C([O])(CCCC)CCCCCCCC. The van der Waals surface area contributed by atoms with Crippen molar-refractivity contribution in [2.75, 3.05) is 0 Å². The van der Waals surface area contributed by atoms with Gasteiger partial charge in [-0.3, -0.25) is 0 Å². The van der Waals surface area contributed by atoms with E-state index in [2.05, 4.69) is 27.7 Å². The van der Waals surface area contributed by atoms with Gasteiger partial charge in [-0.1, -0.05) is 118 Å². The van der Waals surface area contributed by atoms with E-state index in [1.807, 2.05) is 0 Å². The van der Waals surface area contributed by atoms with Crippen LogP contribution < -0.4 is 0 Å². The quantitative estimate of drug-likeness (QED) is 0.223. The first-order valence-corrected chi connectivity index (χ1v) is 11.3. The van der Waals surface area contributed by atoms with Crippen molar-refractivity contribution in [2.45, 2.75) is 142 Å². The predicted molar refractivity (Wildman–Crippen MR) is 108 cm³/mol. The molecule has 1 nitrogen and oxygen atoms in total. The molecular weight excluding hydrogens is 292 g/mol. The first-order chi connectivity index (χ1) is 11.6. The molecular formula is C23H47O. The van der Waals surface area contributed by atoms with Crippen LogP contribution in [0.2, 0.25) is 0 Å². The molecule has 0 fully saturated rings. The van der Waals surface area contributed by atoms with Crippen LogP contribution in [0, 0.1) is 5.92 Å². The average molecular weight is 340 g/mol. The van der Waals surface area contributed by atoms with E-state index in [1.165, 1.54) is 70.6 Å². The van der Waals surface area contributed by atoms with Gasteiger partial charge >= 0.3 is 0 Å². The van der Waals surface area contributed by atoms with Gasteiger partial charge in [0.05, 0.1) is 0 Å². The molecule has 0 heterocycles. The third-order valence-corrected chi connectivity index (χ3v) is 5.80. The Hall–Kier alpha value is -0.0400. The van der Waals surface area contributed by atoms with Crippen LogP contribution in [-0.2, 0) is 5.11 Å². The van der Waals surface area contributed by atoms with Crippen LogP contribution in [0.5, 0.6) is 0 Å². The van der Waals surface area contributed by atoms with E-state index >= 15 is 0 Å². The van der Waals surface area contributed by atoms with Crippen LogP contribution in [0.15, 0.2) is 0 Å². The lowest BCUT2D eigenvalue weighted by Gasteiger charge is -2.32. The van der Waals surface area contributed by atoms with Crippen LogP contribution >= 0.6 is 0 Å². The minimum Gasteiger partial charge on any atom is -0.229 e. The largest absolute Gasteiger partial charge is 0.229 e. The Morgan fingerprint density at radius 3 is 1.54 bits per heavy atom. The predicted octanol–water partition coefficient (Wildman–Crippen LogP) is 8.48. The van der Waals surface area contributed by atoms with Crippen LogP contribution in [-0.4, -0.2) is 5.60 Å². The number of hydrogen-bond acceptors (Lipinski definition) is 0. The molecule has 0 aliphatic rings. The normalized spacial score (nSPS) is 15.4. The van der Waals surface area contributed by atoms with E-state index in [-0.39, 0.29) is 0 Å². The minimum atomic E-state index is -0.649. The molecule has 1 heteroatoms. The van der Waals surface area contributed by atoms with Gasteiger partial charge in [0.2, 0.25) is 0 Å². The topological polar surface area (TPSA) is 19.9 Å². The molecule has 145 valence electrons. The highest BCUT2D eigenvalue weighted by atomic mass is 16.3. The summed E-state index contributed by atoms with van der Waals surface area (Å²) in [7, 11) is 0. The zero-order valence-corrected chi connectivity index (χ0v) is 17.5. The molecule has 0 aliphatic heterocycles. The minimum absolute atomic E-state index is 0.353. The molecule has 0 aliphatic carbocycles. The molecule has 2 atom stereocenters. The maximum Gasteiger partial charge on any atom is 0.106 e. The van der Waals surface area contributed by atoms with Crippen molar-refractivity contribution in [3.8, 4) is 0 Å². The molecule has 0 aromatic rings. The number of rotatable bonds is 18. The zero-order valence-electron chi connectivity index (χ0n) is 17.5. The molecule has 0 aromatic carbocycles. The average Bonchev–Trinajstić information content (AvgIpc) is 2.59. The van der Waals surface area contributed by atoms with Crippen molar-refractivity contribution >= 4 is 0 Å². The molecule has 2 unspecified atom stereocenters. The van der Waals surface area contributed by atoms with Gasteiger partial charge in [-0.15, -0.1) is 0 Å². The van der Waals surface area contributed by atoms with E-state index in [1.54, 1.807) is 0 Å². The highest BCUT2D eigenvalue weighted by Crippen LogP contribution is 2.34. The zero-order chi connectivity index (χ0) is 18.1. The Morgan fingerprint density at radius 1 is 0.583 bits per heavy atom. The van der Waals surface area contributed by atoms with Gasteiger partial charge in [-0.05, 0) is 25.2 Å². The first kappa shape index (κ1) is 24.0. The lowest BCUT2D eigenvalue weighted by atomic mass is 9.77. The van der Waals surface area contributed by atoms with E-state index in [0.717, 1.165) is 38.5 Å². The van der Waals surface area contributed by atoms with Gasteiger partial charge in [0, 0.05) is 0 Å². The Labute approximate surface area is 154 Å². The summed E-state index contributed by atoms with van der Waals surface area (Å²) in [5, 5.41) is 13.4. The summed E-state index contributed by atoms with van der Waals surface area (Å²) in [4.78, 5) is 0. The van der Waals surface area contributed by atoms with Gasteiger partial charge in [-0.25, -0.2) is 5.11 Å².